The third kappa shape index (κ3) is 2.50. The SMILES string of the molecule is CNC(=O)C1CNCCN1c1nn(C)cc1[N+](=O)[O-]. The quantitative estimate of drug-likeness (QED) is 0.530. The molecule has 1 aliphatic heterocycles. The summed E-state index contributed by atoms with van der Waals surface area (Å²) < 4.78 is 1.39. The van der Waals surface area contributed by atoms with Crippen LogP contribution in [0.1, 0.15) is 0 Å². The van der Waals surface area contributed by atoms with Crippen molar-refractivity contribution < 1.29 is 9.72 Å². The van der Waals surface area contributed by atoms with Gasteiger partial charge in [-0.2, -0.15) is 0 Å². The van der Waals surface area contributed by atoms with E-state index in [4.69, 9.17) is 0 Å². The second kappa shape index (κ2) is 5.22. The molecule has 1 aliphatic rings. The van der Waals surface area contributed by atoms with E-state index in [9.17, 15) is 14.9 Å². The lowest BCUT2D eigenvalue weighted by Crippen LogP contribution is -2.58. The Bertz CT molecular complexity index is 499. The van der Waals surface area contributed by atoms with Crippen molar-refractivity contribution in [3.05, 3.63) is 16.3 Å². The van der Waals surface area contributed by atoms with Crippen molar-refractivity contribution in [1.82, 2.24) is 20.4 Å². The van der Waals surface area contributed by atoms with Gasteiger partial charge in [-0.05, 0) is 0 Å². The number of carbonyl (C=O) groups is 1. The predicted molar refractivity (Wildman–Crippen MR) is 67.9 cm³/mol. The first-order valence-electron chi connectivity index (χ1n) is 5.91. The van der Waals surface area contributed by atoms with Crippen molar-refractivity contribution in [2.45, 2.75) is 6.04 Å². The standard InChI is InChI=1S/C10H16N6O3/c1-11-10(17)7-5-12-3-4-15(7)9-8(16(18)19)6-14(2)13-9/h6-7,12H,3-5H2,1-2H3,(H,11,17). The maximum atomic E-state index is 11.8. The lowest BCUT2D eigenvalue weighted by molar-refractivity contribution is -0.384. The Hall–Kier alpha value is -2.16. The summed E-state index contributed by atoms with van der Waals surface area (Å²) in [5, 5.41) is 20.8. The summed E-state index contributed by atoms with van der Waals surface area (Å²) in [6, 6.07) is -0.493. The molecule has 1 amide bonds. The molecule has 1 unspecified atom stereocenters. The minimum atomic E-state index is -0.493. The van der Waals surface area contributed by atoms with Crippen molar-refractivity contribution in [3.63, 3.8) is 0 Å². The molecule has 1 aromatic rings. The molecule has 1 fully saturated rings. The van der Waals surface area contributed by atoms with Gasteiger partial charge in [-0.3, -0.25) is 19.6 Å². The third-order valence-electron chi connectivity index (χ3n) is 3.05. The van der Waals surface area contributed by atoms with E-state index in [0.29, 0.717) is 19.6 Å². The summed E-state index contributed by atoms with van der Waals surface area (Å²) in [5.74, 6) is 0.0507. The second-order valence-corrected chi connectivity index (χ2v) is 4.30. The zero-order valence-corrected chi connectivity index (χ0v) is 10.8. The molecular formula is C10H16N6O3. The van der Waals surface area contributed by atoms with E-state index in [1.54, 1.807) is 19.0 Å². The smallest absolute Gasteiger partial charge is 0.330 e. The molecule has 2 N–H and O–H groups in total. The van der Waals surface area contributed by atoms with Gasteiger partial charge in [0, 0.05) is 33.7 Å². The van der Waals surface area contributed by atoms with E-state index in [0.717, 1.165) is 0 Å². The van der Waals surface area contributed by atoms with Crippen molar-refractivity contribution in [2.75, 3.05) is 31.6 Å². The van der Waals surface area contributed by atoms with Crippen LogP contribution in [-0.4, -0.2) is 53.3 Å². The zero-order chi connectivity index (χ0) is 14.0. The average molecular weight is 268 g/mol. The van der Waals surface area contributed by atoms with Crippen LogP contribution in [0.4, 0.5) is 11.5 Å². The highest BCUT2D eigenvalue weighted by Crippen LogP contribution is 2.27. The normalized spacial score (nSPS) is 19.3. The first-order valence-corrected chi connectivity index (χ1v) is 5.91. The highest BCUT2D eigenvalue weighted by atomic mass is 16.6. The Morgan fingerprint density at radius 3 is 3.05 bits per heavy atom. The molecule has 0 aliphatic carbocycles. The molecule has 0 saturated carbocycles. The zero-order valence-electron chi connectivity index (χ0n) is 10.8. The van der Waals surface area contributed by atoms with Crippen molar-refractivity contribution in [3.8, 4) is 0 Å². The Labute approximate surface area is 109 Å². The average Bonchev–Trinajstić information content (AvgIpc) is 2.80. The van der Waals surface area contributed by atoms with Crippen LogP contribution in [0.5, 0.6) is 0 Å². The van der Waals surface area contributed by atoms with Crippen LogP contribution >= 0.6 is 0 Å². The number of piperazine rings is 1. The minimum Gasteiger partial charge on any atom is -0.357 e. The van der Waals surface area contributed by atoms with Gasteiger partial charge in [0.2, 0.25) is 11.7 Å². The maximum absolute atomic E-state index is 11.8. The van der Waals surface area contributed by atoms with E-state index in [2.05, 4.69) is 15.7 Å². The predicted octanol–water partition coefficient (Wildman–Crippen LogP) is -1.15. The van der Waals surface area contributed by atoms with Crippen molar-refractivity contribution in [1.29, 1.82) is 0 Å². The molecule has 1 saturated heterocycles. The number of rotatable bonds is 3. The Morgan fingerprint density at radius 2 is 2.42 bits per heavy atom. The summed E-state index contributed by atoms with van der Waals surface area (Å²) >= 11 is 0. The largest absolute Gasteiger partial charge is 0.357 e. The maximum Gasteiger partial charge on any atom is 0.330 e. The molecule has 0 spiro atoms. The van der Waals surface area contributed by atoms with Gasteiger partial charge in [0.15, 0.2) is 0 Å². The summed E-state index contributed by atoms with van der Waals surface area (Å²) in [4.78, 5) is 24.1. The third-order valence-corrected chi connectivity index (χ3v) is 3.05. The van der Waals surface area contributed by atoms with E-state index in [1.807, 2.05) is 0 Å². The summed E-state index contributed by atoms with van der Waals surface area (Å²) in [6.45, 7) is 1.59. The van der Waals surface area contributed by atoms with E-state index in [-0.39, 0.29) is 17.4 Å². The number of hydrogen-bond donors (Lipinski definition) is 2. The van der Waals surface area contributed by atoms with Gasteiger partial charge in [-0.15, -0.1) is 5.10 Å². The van der Waals surface area contributed by atoms with Gasteiger partial charge in [0.25, 0.3) is 0 Å². The van der Waals surface area contributed by atoms with Crippen LogP contribution < -0.4 is 15.5 Å². The lowest BCUT2D eigenvalue weighted by atomic mass is 10.1. The second-order valence-electron chi connectivity index (χ2n) is 4.30. The number of nitrogens with one attached hydrogen (secondary N) is 2. The Kier molecular flexibility index (Phi) is 3.65. The topological polar surface area (TPSA) is 105 Å². The lowest BCUT2D eigenvalue weighted by Gasteiger charge is -2.34. The van der Waals surface area contributed by atoms with Gasteiger partial charge in [0.1, 0.15) is 12.2 Å². The summed E-state index contributed by atoms with van der Waals surface area (Å²) in [5.41, 5.74) is -0.0849. The fraction of sp³-hybridized carbons (Fsp3) is 0.600. The van der Waals surface area contributed by atoms with Gasteiger partial charge in [0.05, 0.1) is 4.92 Å². The molecule has 9 nitrogen and oxygen atoms in total. The van der Waals surface area contributed by atoms with Crippen LogP contribution in [0.15, 0.2) is 6.20 Å². The number of hydrogen-bond acceptors (Lipinski definition) is 6. The van der Waals surface area contributed by atoms with Crippen LogP contribution in [0.25, 0.3) is 0 Å². The first-order chi connectivity index (χ1) is 9.04. The Morgan fingerprint density at radius 1 is 1.68 bits per heavy atom. The van der Waals surface area contributed by atoms with Crippen molar-refractivity contribution >= 4 is 17.4 Å². The van der Waals surface area contributed by atoms with Crippen LogP contribution in [-0.2, 0) is 11.8 Å². The van der Waals surface area contributed by atoms with Gasteiger partial charge in [-0.1, -0.05) is 0 Å². The monoisotopic (exact) mass is 268 g/mol. The highest BCUT2D eigenvalue weighted by Gasteiger charge is 2.34. The van der Waals surface area contributed by atoms with Crippen molar-refractivity contribution in [2.24, 2.45) is 7.05 Å². The number of nitrogens with zero attached hydrogens (tertiary/aromatic N) is 4. The number of aryl methyl sites for hydroxylation is 1. The van der Waals surface area contributed by atoms with E-state index >= 15 is 0 Å². The molecule has 1 aromatic heterocycles. The molecule has 2 heterocycles. The molecule has 19 heavy (non-hydrogen) atoms. The van der Waals surface area contributed by atoms with E-state index < -0.39 is 11.0 Å². The summed E-state index contributed by atoms with van der Waals surface area (Å²) in [6.07, 6.45) is 1.35. The number of anilines is 1. The first kappa shape index (κ1) is 13.3. The molecule has 0 bridgehead atoms. The molecule has 2 rings (SSSR count). The van der Waals surface area contributed by atoms with Crippen LogP contribution in [0.2, 0.25) is 0 Å². The number of amides is 1. The number of carbonyl (C=O) groups excluding carboxylic acids is 1. The molecular weight excluding hydrogens is 252 g/mol. The minimum absolute atomic E-state index is 0.0849. The van der Waals surface area contributed by atoms with Gasteiger partial charge in [-0.25, -0.2) is 0 Å². The van der Waals surface area contributed by atoms with Crippen LogP contribution in [0, 0.1) is 10.1 Å². The molecule has 9 heteroatoms. The number of likely N-dealkylation sites (N-methyl/N-ethyl adjacent to an activating group) is 1. The fourth-order valence-electron chi connectivity index (χ4n) is 2.16. The molecule has 0 aromatic carbocycles. The molecule has 0 radical (unpaired) electrons. The summed E-state index contributed by atoms with van der Waals surface area (Å²) in [7, 11) is 3.16. The van der Waals surface area contributed by atoms with E-state index in [1.165, 1.54) is 10.9 Å². The number of aromatic nitrogens is 2. The fourth-order valence-corrected chi connectivity index (χ4v) is 2.16. The van der Waals surface area contributed by atoms with Gasteiger partial charge >= 0.3 is 5.69 Å². The molecule has 1 atom stereocenters. The van der Waals surface area contributed by atoms with Crippen LogP contribution in [0.3, 0.4) is 0 Å². The molecule has 104 valence electrons. The number of nitro groups is 1. The highest BCUT2D eigenvalue weighted by molar-refractivity contribution is 5.86. The Balaban J connectivity index is 2.37. The van der Waals surface area contributed by atoms with Gasteiger partial charge < -0.3 is 15.5 Å².